The standard InChI is InChI=1S/C24H23N5O2/c1-17-24(23(30)16-19-11-10-18-6-2-3-7-20(18)25-19)26-27-29(17)22-9-5-4-8-21(22)28-12-14-31-15-13-28/h2-11H,12-16H2,1H3. The summed E-state index contributed by atoms with van der Waals surface area (Å²) in [7, 11) is 0. The minimum atomic E-state index is -0.0876. The minimum absolute atomic E-state index is 0.0876. The highest BCUT2D eigenvalue weighted by Gasteiger charge is 2.21. The molecule has 2 aromatic heterocycles. The SMILES string of the molecule is Cc1c(C(=O)Cc2ccc3ccccc3n2)nnn1-c1ccccc1N1CCOCC1. The van der Waals surface area contributed by atoms with Crippen molar-refractivity contribution >= 4 is 22.4 Å². The molecule has 156 valence electrons. The number of para-hydroxylation sites is 3. The zero-order valence-corrected chi connectivity index (χ0v) is 17.4. The van der Waals surface area contributed by atoms with Crippen molar-refractivity contribution in [2.45, 2.75) is 13.3 Å². The molecular weight excluding hydrogens is 390 g/mol. The first-order valence-corrected chi connectivity index (χ1v) is 10.4. The zero-order chi connectivity index (χ0) is 21.2. The number of carbonyl (C=O) groups is 1. The topological polar surface area (TPSA) is 73.1 Å². The maximum atomic E-state index is 13.0. The van der Waals surface area contributed by atoms with Gasteiger partial charge < -0.3 is 9.64 Å². The molecule has 0 bridgehead atoms. The quantitative estimate of drug-likeness (QED) is 0.467. The second-order valence-electron chi connectivity index (χ2n) is 7.62. The smallest absolute Gasteiger partial charge is 0.190 e. The number of hydrogen-bond donors (Lipinski definition) is 0. The van der Waals surface area contributed by atoms with E-state index in [0.29, 0.717) is 18.9 Å². The number of ether oxygens (including phenoxy) is 1. The van der Waals surface area contributed by atoms with Crippen molar-refractivity contribution in [3.63, 3.8) is 0 Å². The van der Waals surface area contributed by atoms with Crippen LogP contribution < -0.4 is 4.90 Å². The van der Waals surface area contributed by atoms with Crippen molar-refractivity contribution in [1.29, 1.82) is 0 Å². The number of aromatic nitrogens is 4. The number of Topliss-reactive ketones (excluding diaryl/α,β-unsaturated/α-hetero) is 1. The lowest BCUT2D eigenvalue weighted by molar-refractivity contribution is 0.0986. The van der Waals surface area contributed by atoms with Gasteiger partial charge in [0.05, 0.1) is 42.2 Å². The van der Waals surface area contributed by atoms with Crippen molar-refractivity contribution in [3.8, 4) is 5.69 Å². The molecule has 0 atom stereocenters. The molecule has 7 heteroatoms. The van der Waals surface area contributed by atoms with Crippen LogP contribution in [-0.2, 0) is 11.2 Å². The molecule has 0 spiro atoms. The summed E-state index contributed by atoms with van der Waals surface area (Å²) in [5.74, 6) is -0.0876. The lowest BCUT2D eigenvalue weighted by atomic mass is 10.1. The van der Waals surface area contributed by atoms with Gasteiger partial charge in [-0.2, -0.15) is 0 Å². The number of benzene rings is 2. The average molecular weight is 413 g/mol. The van der Waals surface area contributed by atoms with E-state index in [1.165, 1.54) is 0 Å². The Morgan fingerprint density at radius 3 is 2.55 bits per heavy atom. The third kappa shape index (κ3) is 3.80. The van der Waals surface area contributed by atoms with Crippen LogP contribution in [0.4, 0.5) is 5.69 Å². The summed E-state index contributed by atoms with van der Waals surface area (Å²) >= 11 is 0. The second kappa shape index (κ2) is 8.28. The summed E-state index contributed by atoms with van der Waals surface area (Å²) < 4.78 is 7.24. The summed E-state index contributed by atoms with van der Waals surface area (Å²) in [5, 5.41) is 9.61. The fraction of sp³-hybridized carbons (Fsp3) is 0.250. The maximum absolute atomic E-state index is 13.0. The lowest BCUT2D eigenvalue weighted by Crippen LogP contribution is -2.36. The summed E-state index contributed by atoms with van der Waals surface area (Å²) in [6.07, 6.45) is 0.190. The van der Waals surface area contributed by atoms with Crippen LogP contribution in [0.2, 0.25) is 0 Å². The number of hydrogen-bond acceptors (Lipinski definition) is 6. The molecule has 7 nitrogen and oxygen atoms in total. The number of carbonyl (C=O) groups excluding carboxylic acids is 1. The van der Waals surface area contributed by atoms with E-state index in [1.54, 1.807) is 4.68 Å². The Morgan fingerprint density at radius 2 is 1.71 bits per heavy atom. The number of fused-ring (bicyclic) bond motifs is 1. The number of rotatable bonds is 5. The van der Waals surface area contributed by atoms with Gasteiger partial charge in [0.25, 0.3) is 0 Å². The van der Waals surface area contributed by atoms with Crippen LogP contribution in [0.5, 0.6) is 0 Å². The van der Waals surface area contributed by atoms with Gasteiger partial charge in [-0.05, 0) is 31.2 Å². The molecule has 0 amide bonds. The molecule has 1 aliphatic rings. The monoisotopic (exact) mass is 413 g/mol. The highest BCUT2D eigenvalue weighted by Crippen LogP contribution is 2.26. The molecule has 5 rings (SSSR count). The van der Waals surface area contributed by atoms with E-state index < -0.39 is 0 Å². The van der Waals surface area contributed by atoms with E-state index >= 15 is 0 Å². The summed E-state index contributed by atoms with van der Waals surface area (Å²) in [4.78, 5) is 19.9. The Bertz CT molecular complexity index is 1240. The third-order valence-corrected chi connectivity index (χ3v) is 5.62. The summed E-state index contributed by atoms with van der Waals surface area (Å²) in [5.41, 5.74) is 4.70. The van der Waals surface area contributed by atoms with Gasteiger partial charge in [-0.1, -0.05) is 41.6 Å². The number of ketones is 1. The predicted octanol–water partition coefficient (Wildman–Crippen LogP) is 3.39. The molecule has 31 heavy (non-hydrogen) atoms. The molecule has 1 aliphatic heterocycles. The van der Waals surface area contributed by atoms with Gasteiger partial charge in [-0.3, -0.25) is 9.78 Å². The minimum Gasteiger partial charge on any atom is -0.378 e. The van der Waals surface area contributed by atoms with Gasteiger partial charge in [0, 0.05) is 24.2 Å². The fourth-order valence-electron chi connectivity index (χ4n) is 3.99. The van der Waals surface area contributed by atoms with Gasteiger partial charge in [0.1, 0.15) is 0 Å². The molecular formula is C24H23N5O2. The van der Waals surface area contributed by atoms with Crippen LogP contribution in [0.25, 0.3) is 16.6 Å². The summed E-state index contributed by atoms with van der Waals surface area (Å²) in [6.45, 7) is 4.94. The Hall–Kier alpha value is -3.58. The van der Waals surface area contributed by atoms with Crippen LogP contribution in [-0.4, -0.2) is 52.1 Å². The molecule has 0 unspecified atom stereocenters. The van der Waals surface area contributed by atoms with Gasteiger partial charge >= 0.3 is 0 Å². The van der Waals surface area contributed by atoms with Crippen molar-refractivity contribution in [2.75, 3.05) is 31.2 Å². The van der Waals surface area contributed by atoms with Gasteiger partial charge in [0.2, 0.25) is 0 Å². The Kier molecular flexibility index (Phi) is 5.18. The van der Waals surface area contributed by atoms with E-state index in [4.69, 9.17) is 4.74 Å². The third-order valence-electron chi connectivity index (χ3n) is 5.62. The van der Waals surface area contributed by atoms with E-state index in [1.807, 2.05) is 61.5 Å². The molecule has 1 fully saturated rings. The van der Waals surface area contributed by atoms with Crippen molar-refractivity contribution in [2.24, 2.45) is 0 Å². The predicted molar refractivity (Wildman–Crippen MR) is 119 cm³/mol. The van der Waals surface area contributed by atoms with Crippen LogP contribution in [0.1, 0.15) is 21.9 Å². The Labute approximate surface area is 180 Å². The van der Waals surface area contributed by atoms with E-state index in [2.05, 4.69) is 26.3 Å². The fourth-order valence-corrected chi connectivity index (χ4v) is 3.99. The molecule has 0 radical (unpaired) electrons. The first-order chi connectivity index (χ1) is 15.2. The normalized spacial score (nSPS) is 14.2. The number of pyridine rings is 1. The van der Waals surface area contributed by atoms with E-state index in [0.717, 1.165) is 46.8 Å². The first-order valence-electron chi connectivity index (χ1n) is 10.4. The Balaban J connectivity index is 1.43. The maximum Gasteiger partial charge on any atom is 0.190 e. The number of anilines is 1. The van der Waals surface area contributed by atoms with Crippen LogP contribution in [0.3, 0.4) is 0 Å². The summed E-state index contributed by atoms with van der Waals surface area (Å²) in [6, 6.07) is 19.8. The van der Waals surface area contributed by atoms with Gasteiger partial charge in [-0.15, -0.1) is 5.10 Å². The molecule has 3 heterocycles. The van der Waals surface area contributed by atoms with Crippen molar-refractivity contribution in [3.05, 3.63) is 77.7 Å². The second-order valence-corrected chi connectivity index (χ2v) is 7.62. The van der Waals surface area contributed by atoms with Gasteiger partial charge in [-0.25, -0.2) is 4.68 Å². The Morgan fingerprint density at radius 1 is 0.968 bits per heavy atom. The van der Waals surface area contributed by atoms with Crippen LogP contribution in [0, 0.1) is 6.92 Å². The largest absolute Gasteiger partial charge is 0.378 e. The number of nitrogens with zero attached hydrogens (tertiary/aromatic N) is 5. The van der Waals surface area contributed by atoms with Gasteiger partial charge in [0.15, 0.2) is 11.5 Å². The molecule has 0 saturated carbocycles. The van der Waals surface area contributed by atoms with Crippen molar-refractivity contribution < 1.29 is 9.53 Å². The van der Waals surface area contributed by atoms with Crippen molar-refractivity contribution in [1.82, 2.24) is 20.0 Å². The van der Waals surface area contributed by atoms with Crippen LogP contribution in [0.15, 0.2) is 60.7 Å². The highest BCUT2D eigenvalue weighted by molar-refractivity contribution is 5.96. The lowest BCUT2D eigenvalue weighted by Gasteiger charge is -2.30. The zero-order valence-electron chi connectivity index (χ0n) is 17.4. The average Bonchev–Trinajstić information content (AvgIpc) is 3.21. The van der Waals surface area contributed by atoms with E-state index in [-0.39, 0.29) is 12.2 Å². The van der Waals surface area contributed by atoms with E-state index in [9.17, 15) is 4.79 Å². The highest BCUT2D eigenvalue weighted by atomic mass is 16.5. The van der Waals surface area contributed by atoms with Crippen LogP contribution >= 0.6 is 0 Å². The number of morpholine rings is 1. The molecule has 4 aromatic rings. The first kappa shape index (κ1) is 19.4. The molecule has 2 aromatic carbocycles. The molecule has 1 saturated heterocycles. The molecule has 0 N–H and O–H groups in total. The molecule has 0 aliphatic carbocycles.